The Kier molecular flexibility index (Phi) is 3.53. The maximum absolute atomic E-state index is 12.3. The molecule has 8 nitrogen and oxygen atoms in total. The minimum atomic E-state index is -0.224. The molecule has 0 amide bonds. The number of nitrogens with one attached hydrogen (secondary N) is 1. The minimum Gasteiger partial charge on any atom is -0.463 e. The molecule has 0 atom stereocenters. The molecule has 1 N–H and O–H groups in total. The predicted molar refractivity (Wildman–Crippen MR) is 75.8 cm³/mol. The standard InChI is InChI=1S/C13H16N6O2/c1-3-14-6-9-4-5-10(21-9)8-19-13(20)11-7-15-18(2)12(11)16-17-19/h4-5,7,14H,3,6,8H2,1-2H3. The summed E-state index contributed by atoms with van der Waals surface area (Å²) in [5, 5.41) is 15.6. The molecule has 0 aliphatic rings. The van der Waals surface area contributed by atoms with Crippen molar-refractivity contribution in [2.24, 2.45) is 7.05 Å². The van der Waals surface area contributed by atoms with Crippen molar-refractivity contribution in [3.8, 4) is 0 Å². The normalized spacial score (nSPS) is 11.3. The molecule has 0 saturated carbocycles. The first-order valence-electron chi connectivity index (χ1n) is 6.73. The molecule has 3 aromatic heterocycles. The Balaban J connectivity index is 1.86. The fraction of sp³-hybridized carbons (Fsp3) is 0.385. The SMILES string of the molecule is CCNCc1ccc(Cn2nnc3c(cnn3C)c2=O)o1. The number of hydrogen-bond donors (Lipinski definition) is 1. The summed E-state index contributed by atoms with van der Waals surface area (Å²) in [4.78, 5) is 12.3. The van der Waals surface area contributed by atoms with Gasteiger partial charge in [-0.1, -0.05) is 12.1 Å². The van der Waals surface area contributed by atoms with Gasteiger partial charge in [0.15, 0.2) is 5.65 Å². The molecule has 0 aliphatic heterocycles. The van der Waals surface area contributed by atoms with E-state index in [2.05, 4.69) is 20.7 Å². The molecule has 0 bridgehead atoms. The summed E-state index contributed by atoms with van der Waals surface area (Å²) in [5.41, 5.74) is 0.251. The molecule has 0 spiro atoms. The van der Waals surface area contributed by atoms with E-state index in [1.807, 2.05) is 19.1 Å². The van der Waals surface area contributed by atoms with Gasteiger partial charge in [0.2, 0.25) is 0 Å². The summed E-state index contributed by atoms with van der Waals surface area (Å²) in [6.45, 7) is 3.82. The summed E-state index contributed by atoms with van der Waals surface area (Å²) < 4.78 is 8.45. The zero-order valence-corrected chi connectivity index (χ0v) is 11.9. The summed E-state index contributed by atoms with van der Waals surface area (Å²) in [6.07, 6.45) is 1.50. The molecule has 110 valence electrons. The Labute approximate surface area is 120 Å². The number of rotatable bonds is 5. The molecule has 21 heavy (non-hydrogen) atoms. The summed E-state index contributed by atoms with van der Waals surface area (Å²) in [7, 11) is 1.72. The lowest BCUT2D eigenvalue weighted by Crippen LogP contribution is -2.24. The van der Waals surface area contributed by atoms with E-state index in [9.17, 15) is 4.79 Å². The molecule has 8 heteroatoms. The highest BCUT2D eigenvalue weighted by Gasteiger charge is 2.11. The van der Waals surface area contributed by atoms with Crippen LogP contribution in [0.3, 0.4) is 0 Å². The van der Waals surface area contributed by atoms with Crippen LogP contribution in [-0.2, 0) is 20.1 Å². The summed E-state index contributed by atoms with van der Waals surface area (Å²) >= 11 is 0. The van der Waals surface area contributed by atoms with E-state index in [1.54, 1.807) is 7.05 Å². The monoisotopic (exact) mass is 288 g/mol. The number of fused-ring (bicyclic) bond motifs is 1. The lowest BCUT2D eigenvalue weighted by atomic mass is 10.4. The van der Waals surface area contributed by atoms with Crippen molar-refractivity contribution >= 4 is 11.0 Å². The maximum Gasteiger partial charge on any atom is 0.281 e. The topological polar surface area (TPSA) is 90.8 Å². The first kappa shape index (κ1) is 13.5. The first-order chi connectivity index (χ1) is 10.2. The molecule has 3 heterocycles. The second-order valence-corrected chi connectivity index (χ2v) is 4.71. The summed E-state index contributed by atoms with van der Waals surface area (Å²) in [5.74, 6) is 1.50. The van der Waals surface area contributed by atoms with E-state index < -0.39 is 0 Å². The third-order valence-electron chi connectivity index (χ3n) is 3.19. The number of hydrogen-bond acceptors (Lipinski definition) is 6. The van der Waals surface area contributed by atoms with E-state index in [0.29, 0.717) is 23.3 Å². The van der Waals surface area contributed by atoms with Crippen LogP contribution in [0, 0.1) is 0 Å². The predicted octanol–water partition coefficient (Wildman–Crippen LogP) is 0.276. The summed E-state index contributed by atoms with van der Waals surface area (Å²) in [6, 6.07) is 3.73. The number of furan rings is 1. The Morgan fingerprint density at radius 2 is 2.14 bits per heavy atom. The van der Waals surface area contributed by atoms with Crippen molar-refractivity contribution in [2.75, 3.05) is 6.54 Å². The minimum absolute atomic E-state index is 0.224. The van der Waals surface area contributed by atoms with Crippen LogP contribution < -0.4 is 10.9 Å². The van der Waals surface area contributed by atoms with Crippen LogP contribution in [0.5, 0.6) is 0 Å². The van der Waals surface area contributed by atoms with Gasteiger partial charge in [-0.05, 0) is 18.7 Å². The molecule has 0 fully saturated rings. The van der Waals surface area contributed by atoms with Crippen molar-refractivity contribution in [2.45, 2.75) is 20.0 Å². The van der Waals surface area contributed by atoms with Crippen LogP contribution in [0.15, 0.2) is 27.5 Å². The maximum atomic E-state index is 12.3. The molecule has 3 aromatic rings. The Morgan fingerprint density at radius 1 is 1.33 bits per heavy atom. The Bertz CT molecular complexity index is 816. The highest BCUT2D eigenvalue weighted by atomic mass is 16.3. The average Bonchev–Trinajstić information content (AvgIpc) is 3.07. The van der Waals surface area contributed by atoms with Gasteiger partial charge in [-0.15, -0.1) is 5.10 Å². The van der Waals surface area contributed by atoms with E-state index in [4.69, 9.17) is 4.42 Å². The molecular formula is C13H16N6O2. The van der Waals surface area contributed by atoms with Crippen molar-refractivity contribution in [1.82, 2.24) is 30.1 Å². The largest absolute Gasteiger partial charge is 0.463 e. The molecule has 0 aromatic carbocycles. The van der Waals surface area contributed by atoms with Crippen molar-refractivity contribution < 1.29 is 4.42 Å². The van der Waals surface area contributed by atoms with Gasteiger partial charge in [-0.2, -0.15) is 5.10 Å². The number of aryl methyl sites for hydroxylation is 1. The fourth-order valence-electron chi connectivity index (χ4n) is 2.08. The molecule has 0 aliphatic carbocycles. The van der Waals surface area contributed by atoms with Crippen molar-refractivity contribution in [3.05, 3.63) is 40.2 Å². The van der Waals surface area contributed by atoms with Gasteiger partial charge in [0.05, 0.1) is 12.7 Å². The fourth-order valence-corrected chi connectivity index (χ4v) is 2.08. The van der Waals surface area contributed by atoms with Crippen LogP contribution in [0.1, 0.15) is 18.4 Å². The van der Waals surface area contributed by atoms with Crippen LogP contribution in [-0.4, -0.2) is 31.3 Å². The Morgan fingerprint density at radius 3 is 2.95 bits per heavy atom. The number of nitrogens with zero attached hydrogens (tertiary/aromatic N) is 5. The molecular weight excluding hydrogens is 272 g/mol. The first-order valence-corrected chi connectivity index (χ1v) is 6.73. The zero-order valence-electron chi connectivity index (χ0n) is 11.9. The van der Waals surface area contributed by atoms with Gasteiger partial charge >= 0.3 is 0 Å². The van der Waals surface area contributed by atoms with Crippen LogP contribution in [0.2, 0.25) is 0 Å². The van der Waals surface area contributed by atoms with Gasteiger partial charge in [-0.3, -0.25) is 4.79 Å². The number of aromatic nitrogens is 5. The van der Waals surface area contributed by atoms with Gasteiger partial charge < -0.3 is 9.73 Å². The van der Waals surface area contributed by atoms with Gasteiger partial charge in [0.1, 0.15) is 23.5 Å². The van der Waals surface area contributed by atoms with E-state index in [0.717, 1.165) is 12.3 Å². The van der Waals surface area contributed by atoms with Crippen molar-refractivity contribution in [1.29, 1.82) is 0 Å². The average molecular weight is 288 g/mol. The highest BCUT2D eigenvalue weighted by Crippen LogP contribution is 2.09. The third-order valence-corrected chi connectivity index (χ3v) is 3.19. The lowest BCUT2D eigenvalue weighted by Gasteiger charge is -2.01. The zero-order chi connectivity index (χ0) is 14.8. The molecule has 0 radical (unpaired) electrons. The molecule has 0 unspecified atom stereocenters. The molecule has 0 saturated heterocycles. The van der Waals surface area contributed by atoms with E-state index >= 15 is 0 Å². The van der Waals surface area contributed by atoms with E-state index in [1.165, 1.54) is 15.6 Å². The van der Waals surface area contributed by atoms with Crippen LogP contribution in [0.4, 0.5) is 0 Å². The van der Waals surface area contributed by atoms with Crippen molar-refractivity contribution in [3.63, 3.8) is 0 Å². The highest BCUT2D eigenvalue weighted by molar-refractivity contribution is 5.72. The van der Waals surface area contributed by atoms with Gasteiger partial charge in [0.25, 0.3) is 5.56 Å². The lowest BCUT2D eigenvalue weighted by molar-refractivity contribution is 0.424. The quantitative estimate of drug-likeness (QED) is 0.725. The molecule has 3 rings (SSSR count). The van der Waals surface area contributed by atoms with Crippen LogP contribution >= 0.6 is 0 Å². The smallest absolute Gasteiger partial charge is 0.281 e. The second kappa shape index (κ2) is 5.49. The van der Waals surface area contributed by atoms with Crippen LogP contribution in [0.25, 0.3) is 11.0 Å². The van der Waals surface area contributed by atoms with E-state index in [-0.39, 0.29) is 12.1 Å². The van der Waals surface area contributed by atoms with Gasteiger partial charge in [0, 0.05) is 7.05 Å². The Hall–Kier alpha value is -2.48. The third kappa shape index (κ3) is 2.57. The second-order valence-electron chi connectivity index (χ2n) is 4.71. The van der Waals surface area contributed by atoms with Gasteiger partial charge in [-0.25, -0.2) is 9.36 Å².